The fraction of sp³-hybridized carbons (Fsp3) is 0.133. The van der Waals surface area contributed by atoms with E-state index in [9.17, 15) is 8.78 Å². The van der Waals surface area contributed by atoms with Crippen molar-refractivity contribution in [1.29, 1.82) is 0 Å². The summed E-state index contributed by atoms with van der Waals surface area (Å²) in [4.78, 5) is 2.95. The summed E-state index contributed by atoms with van der Waals surface area (Å²) >= 11 is 5.22. The third-order valence-corrected chi connectivity index (χ3v) is 3.43. The number of nitrogens with zero attached hydrogens (tertiary/aromatic N) is 1. The zero-order chi connectivity index (χ0) is 15.0. The highest BCUT2D eigenvalue weighted by molar-refractivity contribution is 7.71. The Morgan fingerprint density at radius 1 is 1.14 bits per heavy atom. The third-order valence-electron chi connectivity index (χ3n) is 3.14. The highest BCUT2D eigenvalue weighted by Crippen LogP contribution is 2.29. The number of ether oxygens (including phenoxy) is 1. The predicted octanol–water partition coefficient (Wildman–Crippen LogP) is 4.36. The molecule has 0 fully saturated rings. The summed E-state index contributed by atoms with van der Waals surface area (Å²) < 4.78 is 35.1. The standard InChI is InChI=1S/C15H12F2N2OS/c1-2-20-12-8-4-7-11-13(12)18-15(21)19(11)14-9(16)5-3-6-10(14)17/h3-8H,2H2,1H3,(H,18,21). The van der Waals surface area contributed by atoms with Crippen LogP contribution in [-0.4, -0.2) is 16.2 Å². The van der Waals surface area contributed by atoms with Crippen LogP contribution in [0.25, 0.3) is 16.7 Å². The number of imidazole rings is 1. The molecule has 0 saturated carbocycles. The second kappa shape index (κ2) is 5.29. The molecule has 1 heterocycles. The average Bonchev–Trinajstić information content (AvgIpc) is 2.77. The first kappa shape index (κ1) is 13.8. The first-order chi connectivity index (χ1) is 10.1. The molecule has 3 rings (SSSR count). The minimum atomic E-state index is -0.672. The van der Waals surface area contributed by atoms with Crippen LogP contribution >= 0.6 is 12.2 Å². The number of halogens is 2. The van der Waals surface area contributed by atoms with Gasteiger partial charge in [0.05, 0.1) is 12.1 Å². The number of rotatable bonds is 3. The van der Waals surface area contributed by atoms with Gasteiger partial charge in [0.15, 0.2) is 4.77 Å². The summed E-state index contributed by atoms with van der Waals surface area (Å²) in [5.41, 5.74) is 0.990. The number of benzene rings is 2. The molecule has 6 heteroatoms. The van der Waals surface area contributed by atoms with Gasteiger partial charge in [-0.05, 0) is 43.4 Å². The molecule has 1 aromatic heterocycles. The highest BCUT2D eigenvalue weighted by atomic mass is 32.1. The van der Waals surface area contributed by atoms with Crippen LogP contribution in [0.3, 0.4) is 0 Å². The van der Waals surface area contributed by atoms with Crippen LogP contribution in [0.5, 0.6) is 5.75 Å². The van der Waals surface area contributed by atoms with Crippen LogP contribution in [-0.2, 0) is 0 Å². The van der Waals surface area contributed by atoms with Crippen LogP contribution in [0.2, 0.25) is 0 Å². The molecule has 0 bridgehead atoms. The zero-order valence-corrected chi connectivity index (χ0v) is 12.0. The van der Waals surface area contributed by atoms with Crippen molar-refractivity contribution >= 4 is 23.3 Å². The van der Waals surface area contributed by atoms with Gasteiger partial charge in [-0.25, -0.2) is 8.78 Å². The van der Waals surface area contributed by atoms with E-state index in [0.29, 0.717) is 23.4 Å². The number of H-pyrrole nitrogens is 1. The number of fused-ring (bicyclic) bond motifs is 1. The van der Waals surface area contributed by atoms with Crippen molar-refractivity contribution in [2.24, 2.45) is 0 Å². The van der Waals surface area contributed by atoms with E-state index in [4.69, 9.17) is 17.0 Å². The molecule has 0 aliphatic rings. The van der Waals surface area contributed by atoms with Crippen molar-refractivity contribution in [2.45, 2.75) is 6.92 Å². The molecule has 0 radical (unpaired) electrons. The van der Waals surface area contributed by atoms with Crippen molar-refractivity contribution in [3.63, 3.8) is 0 Å². The number of hydrogen-bond acceptors (Lipinski definition) is 2. The maximum absolute atomic E-state index is 14.0. The normalized spacial score (nSPS) is 11.0. The Bertz CT molecular complexity index is 849. The Labute approximate surface area is 124 Å². The van der Waals surface area contributed by atoms with Gasteiger partial charge in [-0.15, -0.1) is 0 Å². The summed E-state index contributed by atoms with van der Waals surface area (Å²) in [6.07, 6.45) is 0. The zero-order valence-electron chi connectivity index (χ0n) is 11.2. The van der Waals surface area contributed by atoms with Crippen LogP contribution in [0.1, 0.15) is 6.92 Å². The van der Waals surface area contributed by atoms with E-state index in [1.165, 1.54) is 22.8 Å². The van der Waals surface area contributed by atoms with E-state index >= 15 is 0 Å². The van der Waals surface area contributed by atoms with Crippen molar-refractivity contribution in [1.82, 2.24) is 9.55 Å². The number of aromatic nitrogens is 2. The fourth-order valence-electron chi connectivity index (χ4n) is 2.30. The quantitative estimate of drug-likeness (QED) is 0.728. The molecule has 0 atom stereocenters. The van der Waals surface area contributed by atoms with Gasteiger partial charge in [0.2, 0.25) is 0 Å². The maximum Gasteiger partial charge on any atom is 0.183 e. The Balaban J connectivity index is 2.37. The molecule has 3 nitrogen and oxygen atoms in total. The molecule has 0 aliphatic heterocycles. The van der Waals surface area contributed by atoms with E-state index in [1.54, 1.807) is 18.2 Å². The van der Waals surface area contributed by atoms with Gasteiger partial charge in [0.25, 0.3) is 0 Å². The smallest absolute Gasteiger partial charge is 0.183 e. The van der Waals surface area contributed by atoms with E-state index in [2.05, 4.69) is 4.98 Å². The minimum absolute atomic E-state index is 0.192. The third kappa shape index (κ3) is 2.21. The number of nitrogens with one attached hydrogen (secondary N) is 1. The minimum Gasteiger partial charge on any atom is -0.492 e. The summed E-state index contributed by atoms with van der Waals surface area (Å²) in [6.45, 7) is 2.35. The van der Waals surface area contributed by atoms with Crippen LogP contribution in [0.15, 0.2) is 36.4 Å². The van der Waals surface area contributed by atoms with Crippen molar-refractivity contribution in [3.8, 4) is 11.4 Å². The molecule has 0 unspecified atom stereocenters. The Morgan fingerprint density at radius 2 is 1.81 bits per heavy atom. The average molecular weight is 306 g/mol. The number of para-hydroxylation sites is 2. The molecule has 3 aromatic rings. The molecule has 0 aliphatic carbocycles. The topological polar surface area (TPSA) is 29.9 Å². The predicted molar refractivity (Wildman–Crippen MR) is 79.5 cm³/mol. The molecule has 1 N–H and O–H groups in total. The van der Waals surface area contributed by atoms with Gasteiger partial charge in [0.1, 0.15) is 28.6 Å². The van der Waals surface area contributed by atoms with Crippen LogP contribution < -0.4 is 4.74 Å². The van der Waals surface area contributed by atoms with E-state index in [-0.39, 0.29) is 10.5 Å². The summed E-state index contributed by atoms with van der Waals surface area (Å²) in [7, 11) is 0. The van der Waals surface area contributed by atoms with Crippen molar-refractivity contribution in [3.05, 3.63) is 52.8 Å². The molecular formula is C15H12F2N2OS. The van der Waals surface area contributed by atoms with Gasteiger partial charge in [-0.2, -0.15) is 0 Å². The fourth-order valence-corrected chi connectivity index (χ4v) is 2.60. The molecule has 108 valence electrons. The lowest BCUT2D eigenvalue weighted by Gasteiger charge is -2.08. The lowest BCUT2D eigenvalue weighted by atomic mass is 10.2. The number of aromatic amines is 1. The van der Waals surface area contributed by atoms with E-state index in [1.807, 2.05) is 6.92 Å². The molecule has 21 heavy (non-hydrogen) atoms. The second-order valence-electron chi connectivity index (χ2n) is 4.42. The highest BCUT2D eigenvalue weighted by Gasteiger charge is 2.16. The maximum atomic E-state index is 14.0. The monoisotopic (exact) mass is 306 g/mol. The first-order valence-corrected chi connectivity index (χ1v) is 6.85. The first-order valence-electron chi connectivity index (χ1n) is 6.44. The molecule has 2 aromatic carbocycles. The lowest BCUT2D eigenvalue weighted by molar-refractivity contribution is 0.343. The summed E-state index contributed by atoms with van der Waals surface area (Å²) in [5.74, 6) is -0.751. The number of hydrogen-bond donors (Lipinski definition) is 1. The van der Waals surface area contributed by atoms with Crippen molar-refractivity contribution < 1.29 is 13.5 Å². The molecule has 0 amide bonds. The second-order valence-corrected chi connectivity index (χ2v) is 4.81. The molecule has 0 saturated heterocycles. The van der Waals surface area contributed by atoms with Gasteiger partial charge < -0.3 is 9.72 Å². The van der Waals surface area contributed by atoms with Gasteiger partial charge >= 0.3 is 0 Å². The lowest BCUT2D eigenvalue weighted by Crippen LogP contribution is -2.01. The van der Waals surface area contributed by atoms with Crippen LogP contribution in [0.4, 0.5) is 8.78 Å². The van der Waals surface area contributed by atoms with E-state index in [0.717, 1.165) is 0 Å². The molecule has 0 spiro atoms. The van der Waals surface area contributed by atoms with Gasteiger partial charge in [0, 0.05) is 0 Å². The van der Waals surface area contributed by atoms with Crippen LogP contribution in [0, 0.1) is 16.4 Å². The molecular weight excluding hydrogens is 294 g/mol. The Kier molecular flexibility index (Phi) is 3.47. The van der Waals surface area contributed by atoms with Gasteiger partial charge in [-0.3, -0.25) is 4.57 Å². The van der Waals surface area contributed by atoms with Gasteiger partial charge in [-0.1, -0.05) is 12.1 Å². The largest absolute Gasteiger partial charge is 0.492 e. The van der Waals surface area contributed by atoms with Crippen molar-refractivity contribution in [2.75, 3.05) is 6.61 Å². The SMILES string of the molecule is CCOc1cccc2c1[nH]c(=S)n2-c1c(F)cccc1F. The summed E-state index contributed by atoms with van der Waals surface area (Å²) in [6, 6.07) is 8.98. The summed E-state index contributed by atoms with van der Waals surface area (Å²) in [5, 5.41) is 0. The van der Waals surface area contributed by atoms with E-state index < -0.39 is 11.6 Å². The Hall–Kier alpha value is -2.21. The Morgan fingerprint density at radius 3 is 2.48 bits per heavy atom.